The van der Waals surface area contributed by atoms with Crippen LogP contribution in [-0.4, -0.2) is 21.0 Å². The van der Waals surface area contributed by atoms with Gasteiger partial charge in [-0.15, -0.1) is 0 Å². The van der Waals surface area contributed by atoms with E-state index < -0.39 is 16.9 Å². The summed E-state index contributed by atoms with van der Waals surface area (Å²) in [5.74, 6) is 0.113. The molecular formula is C21H16N4O5. The maximum absolute atomic E-state index is 12.5. The van der Waals surface area contributed by atoms with E-state index in [-0.39, 0.29) is 23.2 Å². The molecule has 0 bridgehead atoms. The van der Waals surface area contributed by atoms with Crippen molar-refractivity contribution in [2.75, 3.05) is 0 Å². The molecule has 150 valence electrons. The number of rotatable bonds is 7. The van der Waals surface area contributed by atoms with Gasteiger partial charge >= 0.3 is 0 Å². The summed E-state index contributed by atoms with van der Waals surface area (Å²) in [5, 5.41) is 17.8. The normalized spacial score (nSPS) is 11.7. The summed E-state index contributed by atoms with van der Waals surface area (Å²) in [7, 11) is 0. The van der Waals surface area contributed by atoms with Gasteiger partial charge in [-0.1, -0.05) is 47.6 Å². The number of aromatic nitrogens is 2. The van der Waals surface area contributed by atoms with Crippen molar-refractivity contribution in [1.29, 1.82) is 0 Å². The zero-order valence-corrected chi connectivity index (χ0v) is 15.6. The second-order valence-corrected chi connectivity index (χ2v) is 6.46. The van der Waals surface area contributed by atoms with Gasteiger partial charge in [-0.25, -0.2) is 0 Å². The first-order valence-corrected chi connectivity index (χ1v) is 9.07. The van der Waals surface area contributed by atoms with Crippen molar-refractivity contribution in [2.24, 2.45) is 0 Å². The minimum atomic E-state index is -0.620. The lowest BCUT2D eigenvalue weighted by Crippen LogP contribution is -2.30. The third-order valence-electron chi connectivity index (χ3n) is 4.39. The van der Waals surface area contributed by atoms with Crippen LogP contribution in [0.15, 0.2) is 81.9 Å². The number of nitro benzene ring substituents is 1. The number of carbonyl (C=O) groups excluding carboxylic acids is 1. The molecule has 0 aliphatic carbocycles. The van der Waals surface area contributed by atoms with E-state index in [1.165, 1.54) is 18.4 Å². The van der Waals surface area contributed by atoms with Gasteiger partial charge in [-0.3, -0.25) is 14.9 Å². The van der Waals surface area contributed by atoms with Gasteiger partial charge in [0.1, 0.15) is 6.04 Å². The SMILES string of the molecule is O=C(N[C@@H](Cc1ccccc1)c1nc(-c2cccc([N+](=O)[O-])c2)no1)c1ccco1. The fourth-order valence-electron chi connectivity index (χ4n) is 2.94. The summed E-state index contributed by atoms with van der Waals surface area (Å²) in [6, 6.07) is 18.0. The summed E-state index contributed by atoms with van der Waals surface area (Å²) in [6.07, 6.45) is 1.82. The number of amides is 1. The number of nitro groups is 1. The fraction of sp³-hybridized carbons (Fsp3) is 0.0952. The predicted octanol–water partition coefficient (Wildman–Crippen LogP) is 3.95. The van der Waals surface area contributed by atoms with Crippen LogP contribution in [0.1, 0.15) is 28.1 Å². The van der Waals surface area contributed by atoms with Crippen LogP contribution in [0.5, 0.6) is 0 Å². The molecule has 4 rings (SSSR count). The Balaban J connectivity index is 1.62. The second-order valence-electron chi connectivity index (χ2n) is 6.46. The number of nitrogens with zero attached hydrogens (tertiary/aromatic N) is 3. The molecule has 2 heterocycles. The molecule has 9 nitrogen and oxygen atoms in total. The minimum Gasteiger partial charge on any atom is -0.459 e. The van der Waals surface area contributed by atoms with Crippen molar-refractivity contribution in [2.45, 2.75) is 12.5 Å². The highest BCUT2D eigenvalue weighted by Gasteiger charge is 2.24. The molecule has 0 saturated heterocycles. The molecule has 2 aromatic heterocycles. The van der Waals surface area contributed by atoms with Gasteiger partial charge in [0.25, 0.3) is 11.6 Å². The van der Waals surface area contributed by atoms with Gasteiger partial charge in [-0.2, -0.15) is 4.98 Å². The third-order valence-corrected chi connectivity index (χ3v) is 4.39. The second kappa shape index (κ2) is 8.39. The molecule has 0 radical (unpaired) electrons. The van der Waals surface area contributed by atoms with Crippen molar-refractivity contribution < 1.29 is 18.7 Å². The van der Waals surface area contributed by atoms with Crippen LogP contribution < -0.4 is 5.32 Å². The number of furan rings is 1. The van der Waals surface area contributed by atoms with E-state index in [1.54, 1.807) is 24.3 Å². The highest BCUT2D eigenvalue weighted by molar-refractivity contribution is 5.91. The Bertz CT molecular complexity index is 1160. The lowest BCUT2D eigenvalue weighted by atomic mass is 10.1. The molecule has 1 N–H and O–H groups in total. The standard InChI is InChI=1S/C21H16N4O5/c26-20(18-10-5-11-29-18)22-17(12-14-6-2-1-3-7-14)21-23-19(24-30-21)15-8-4-9-16(13-15)25(27)28/h1-11,13,17H,12H2,(H,22,26)/t17-/m0/s1. The van der Waals surface area contributed by atoms with Crippen molar-refractivity contribution >= 4 is 11.6 Å². The van der Waals surface area contributed by atoms with E-state index >= 15 is 0 Å². The van der Waals surface area contributed by atoms with E-state index in [4.69, 9.17) is 8.94 Å². The van der Waals surface area contributed by atoms with Gasteiger partial charge in [0.15, 0.2) is 5.76 Å². The summed E-state index contributed by atoms with van der Waals surface area (Å²) in [6.45, 7) is 0. The Morgan fingerprint density at radius 2 is 1.93 bits per heavy atom. The van der Waals surface area contributed by atoms with E-state index in [0.717, 1.165) is 5.56 Å². The van der Waals surface area contributed by atoms with Gasteiger partial charge in [0.05, 0.1) is 11.2 Å². The molecule has 0 fully saturated rings. The number of hydrogen-bond donors (Lipinski definition) is 1. The van der Waals surface area contributed by atoms with Crippen LogP contribution in [0.25, 0.3) is 11.4 Å². The van der Waals surface area contributed by atoms with Gasteiger partial charge < -0.3 is 14.3 Å². The molecule has 1 amide bonds. The molecule has 0 aliphatic heterocycles. The largest absolute Gasteiger partial charge is 0.459 e. The quantitative estimate of drug-likeness (QED) is 0.365. The van der Waals surface area contributed by atoms with E-state index in [1.807, 2.05) is 30.3 Å². The van der Waals surface area contributed by atoms with Gasteiger partial charge in [0.2, 0.25) is 11.7 Å². The van der Waals surface area contributed by atoms with E-state index in [2.05, 4.69) is 15.5 Å². The first kappa shape index (κ1) is 19.1. The molecular weight excluding hydrogens is 388 g/mol. The summed E-state index contributed by atoms with van der Waals surface area (Å²) >= 11 is 0. The zero-order valence-electron chi connectivity index (χ0n) is 15.6. The minimum absolute atomic E-state index is 0.0780. The maximum atomic E-state index is 12.5. The zero-order chi connectivity index (χ0) is 20.9. The first-order valence-electron chi connectivity index (χ1n) is 9.07. The molecule has 30 heavy (non-hydrogen) atoms. The molecule has 0 saturated carbocycles. The van der Waals surface area contributed by atoms with Crippen LogP contribution in [0.4, 0.5) is 5.69 Å². The lowest BCUT2D eigenvalue weighted by molar-refractivity contribution is -0.384. The number of benzene rings is 2. The highest BCUT2D eigenvalue weighted by Crippen LogP contribution is 2.24. The Labute approximate surface area is 170 Å². The van der Waals surface area contributed by atoms with E-state index in [0.29, 0.717) is 12.0 Å². The molecule has 4 aromatic rings. The molecule has 0 aliphatic rings. The summed E-state index contributed by atoms with van der Waals surface area (Å²) in [4.78, 5) is 27.4. The summed E-state index contributed by atoms with van der Waals surface area (Å²) in [5.41, 5.74) is 1.32. The Morgan fingerprint density at radius 1 is 1.10 bits per heavy atom. The van der Waals surface area contributed by atoms with Gasteiger partial charge in [0, 0.05) is 24.1 Å². The van der Waals surface area contributed by atoms with Crippen molar-refractivity contribution in [1.82, 2.24) is 15.5 Å². The number of nitrogens with one attached hydrogen (secondary N) is 1. The van der Waals surface area contributed by atoms with Crippen molar-refractivity contribution in [3.8, 4) is 11.4 Å². The van der Waals surface area contributed by atoms with Crippen LogP contribution in [0.3, 0.4) is 0 Å². The molecule has 2 aromatic carbocycles. The maximum Gasteiger partial charge on any atom is 0.287 e. The molecule has 0 spiro atoms. The number of non-ortho nitro benzene ring substituents is 1. The highest BCUT2D eigenvalue weighted by atomic mass is 16.6. The first-order chi connectivity index (χ1) is 14.6. The fourth-order valence-corrected chi connectivity index (χ4v) is 2.94. The average molecular weight is 404 g/mol. The smallest absolute Gasteiger partial charge is 0.287 e. The third kappa shape index (κ3) is 4.25. The van der Waals surface area contributed by atoms with Crippen molar-refractivity contribution in [3.63, 3.8) is 0 Å². The lowest BCUT2D eigenvalue weighted by Gasteiger charge is -2.14. The number of hydrogen-bond acceptors (Lipinski definition) is 7. The average Bonchev–Trinajstić information content (AvgIpc) is 3.46. The summed E-state index contributed by atoms with van der Waals surface area (Å²) < 4.78 is 10.5. The van der Waals surface area contributed by atoms with Crippen LogP contribution in [-0.2, 0) is 6.42 Å². The molecule has 0 unspecified atom stereocenters. The number of carbonyl (C=O) groups is 1. The Hall–Kier alpha value is -4.27. The van der Waals surface area contributed by atoms with Crippen LogP contribution >= 0.6 is 0 Å². The molecule has 1 atom stereocenters. The van der Waals surface area contributed by atoms with Crippen LogP contribution in [0.2, 0.25) is 0 Å². The monoisotopic (exact) mass is 404 g/mol. The van der Waals surface area contributed by atoms with Gasteiger partial charge in [-0.05, 0) is 17.7 Å². The Morgan fingerprint density at radius 3 is 2.67 bits per heavy atom. The predicted molar refractivity (Wildman–Crippen MR) is 105 cm³/mol. The Kier molecular flexibility index (Phi) is 5.33. The van der Waals surface area contributed by atoms with Crippen molar-refractivity contribution in [3.05, 3.63) is 100 Å². The van der Waals surface area contributed by atoms with E-state index in [9.17, 15) is 14.9 Å². The molecule has 9 heteroatoms. The van der Waals surface area contributed by atoms with Crippen LogP contribution in [0, 0.1) is 10.1 Å². The topological polar surface area (TPSA) is 124 Å².